The van der Waals surface area contributed by atoms with Crippen molar-refractivity contribution >= 4 is 5.97 Å². The third-order valence-electron chi connectivity index (χ3n) is 2.57. The van der Waals surface area contributed by atoms with Gasteiger partial charge < -0.3 is 4.74 Å². The third kappa shape index (κ3) is 1.41. The van der Waals surface area contributed by atoms with Crippen LogP contribution in [0.1, 0.15) is 42.4 Å². The van der Waals surface area contributed by atoms with E-state index in [9.17, 15) is 4.79 Å². The molecule has 1 atom stereocenters. The average molecular weight is 194 g/mol. The Morgan fingerprint density at radius 3 is 3.21 bits per heavy atom. The van der Waals surface area contributed by atoms with E-state index in [1.807, 2.05) is 10.7 Å². The highest BCUT2D eigenvalue weighted by Crippen LogP contribution is 2.27. The van der Waals surface area contributed by atoms with E-state index in [0.29, 0.717) is 18.2 Å². The van der Waals surface area contributed by atoms with E-state index in [1.54, 1.807) is 6.92 Å². The van der Waals surface area contributed by atoms with E-state index in [4.69, 9.17) is 4.74 Å². The molecule has 0 amide bonds. The van der Waals surface area contributed by atoms with Crippen LogP contribution in [-0.4, -0.2) is 22.4 Å². The van der Waals surface area contributed by atoms with Crippen molar-refractivity contribution in [2.45, 2.75) is 32.7 Å². The van der Waals surface area contributed by atoms with Crippen LogP contribution in [-0.2, 0) is 11.3 Å². The van der Waals surface area contributed by atoms with Gasteiger partial charge in [0.25, 0.3) is 0 Å². The smallest absolute Gasteiger partial charge is 0.358 e. The van der Waals surface area contributed by atoms with Gasteiger partial charge in [0.15, 0.2) is 5.69 Å². The van der Waals surface area contributed by atoms with Crippen molar-refractivity contribution in [2.75, 3.05) is 6.61 Å². The van der Waals surface area contributed by atoms with Crippen LogP contribution in [0, 0.1) is 0 Å². The molecule has 1 aromatic heterocycles. The molecule has 76 valence electrons. The Labute approximate surface area is 82.9 Å². The van der Waals surface area contributed by atoms with Crippen molar-refractivity contribution in [3.63, 3.8) is 0 Å². The molecule has 0 aromatic carbocycles. The van der Waals surface area contributed by atoms with Gasteiger partial charge in [0.05, 0.1) is 6.61 Å². The van der Waals surface area contributed by atoms with E-state index in [2.05, 4.69) is 12.0 Å². The molecule has 0 aliphatic carbocycles. The molecule has 0 fully saturated rings. The second-order valence-electron chi connectivity index (χ2n) is 3.59. The summed E-state index contributed by atoms with van der Waals surface area (Å²) >= 11 is 0. The molecule has 0 N–H and O–H groups in total. The van der Waals surface area contributed by atoms with Gasteiger partial charge in [-0.1, -0.05) is 6.92 Å². The van der Waals surface area contributed by atoms with Crippen LogP contribution >= 0.6 is 0 Å². The van der Waals surface area contributed by atoms with Crippen LogP contribution in [0.5, 0.6) is 0 Å². The summed E-state index contributed by atoms with van der Waals surface area (Å²) < 4.78 is 6.79. The highest BCUT2D eigenvalue weighted by Gasteiger charge is 2.23. The maximum Gasteiger partial charge on any atom is 0.358 e. The quantitative estimate of drug-likeness (QED) is 0.671. The third-order valence-corrected chi connectivity index (χ3v) is 2.57. The van der Waals surface area contributed by atoms with Gasteiger partial charge in [-0.05, 0) is 25.3 Å². The zero-order valence-electron chi connectivity index (χ0n) is 8.49. The van der Waals surface area contributed by atoms with Crippen LogP contribution < -0.4 is 0 Å². The molecule has 4 heteroatoms. The number of aryl methyl sites for hydroxylation is 1. The van der Waals surface area contributed by atoms with Crippen LogP contribution in [0.2, 0.25) is 0 Å². The standard InChI is InChI=1S/C10H14N2O2/c1-3-14-10(13)8-6-9-7(2)4-5-12(9)11-8/h6-7H,3-5H2,1-2H3. The predicted molar refractivity (Wildman–Crippen MR) is 51.2 cm³/mol. The molecule has 1 aliphatic rings. The number of ether oxygens (including phenoxy) is 1. The molecular formula is C10H14N2O2. The summed E-state index contributed by atoms with van der Waals surface area (Å²) in [7, 11) is 0. The predicted octanol–water partition coefficient (Wildman–Crippen LogP) is 1.57. The lowest BCUT2D eigenvalue weighted by Crippen LogP contribution is -2.06. The number of hydrogen-bond acceptors (Lipinski definition) is 3. The normalized spacial score (nSPS) is 19.4. The zero-order valence-corrected chi connectivity index (χ0v) is 8.49. The lowest BCUT2D eigenvalue weighted by atomic mass is 10.1. The Morgan fingerprint density at radius 2 is 2.57 bits per heavy atom. The van der Waals surface area contributed by atoms with E-state index >= 15 is 0 Å². The first-order chi connectivity index (χ1) is 6.72. The van der Waals surface area contributed by atoms with Crippen molar-refractivity contribution in [3.05, 3.63) is 17.5 Å². The highest BCUT2D eigenvalue weighted by molar-refractivity contribution is 5.87. The average Bonchev–Trinajstić information content (AvgIpc) is 2.69. The number of nitrogens with zero attached hydrogens (tertiary/aromatic N) is 2. The van der Waals surface area contributed by atoms with Gasteiger partial charge in [0.1, 0.15) is 0 Å². The summed E-state index contributed by atoms with van der Waals surface area (Å²) in [6.07, 6.45) is 1.12. The molecule has 0 radical (unpaired) electrons. The van der Waals surface area contributed by atoms with E-state index in [1.165, 1.54) is 0 Å². The number of rotatable bonds is 2. The molecule has 0 saturated carbocycles. The Kier molecular flexibility index (Phi) is 2.27. The minimum Gasteiger partial charge on any atom is -0.461 e. The van der Waals surface area contributed by atoms with E-state index in [-0.39, 0.29) is 5.97 Å². The van der Waals surface area contributed by atoms with Crippen molar-refractivity contribution < 1.29 is 9.53 Å². The molecule has 4 nitrogen and oxygen atoms in total. The van der Waals surface area contributed by atoms with Crippen molar-refractivity contribution in [2.24, 2.45) is 0 Å². The zero-order chi connectivity index (χ0) is 10.1. The molecule has 1 aromatic rings. The number of carbonyl (C=O) groups is 1. The first-order valence-electron chi connectivity index (χ1n) is 4.97. The Hall–Kier alpha value is -1.32. The number of fused-ring (bicyclic) bond motifs is 1. The molecule has 0 saturated heterocycles. The molecule has 14 heavy (non-hydrogen) atoms. The second-order valence-corrected chi connectivity index (χ2v) is 3.59. The largest absolute Gasteiger partial charge is 0.461 e. The van der Waals surface area contributed by atoms with Gasteiger partial charge in [-0.2, -0.15) is 5.10 Å². The van der Waals surface area contributed by atoms with Crippen LogP contribution in [0.4, 0.5) is 0 Å². The molecular weight excluding hydrogens is 180 g/mol. The molecule has 2 rings (SSSR count). The number of hydrogen-bond donors (Lipinski definition) is 0. The van der Waals surface area contributed by atoms with Crippen molar-refractivity contribution in [1.82, 2.24) is 9.78 Å². The fourth-order valence-corrected chi connectivity index (χ4v) is 1.78. The van der Waals surface area contributed by atoms with Crippen LogP contribution in [0.3, 0.4) is 0 Å². The second kappa shape index (κ2) is 3.44. The van der Waals surface area contributed by atoms with Gasteiger partial charge in [-0.25, -0.2) is 4.79 Å². The first-order valence-corrected chi connectivity index (χ1v) is 4.97. The van der Waals surface area contributed by atoms with Gasteiger partial charge in [-0.15, -0.1) is 0 Å². The van der Waals surface area contributed by atoms with E-state index in [0.717, 1.165) is 18.7 Å². The maximum atomic E-state index is 11.4. The van der Waals surface area contributed by atoms with Gasteiger partial charge >= 0.3 is 5.97 Å². The van der Waals surface area contributed by atoms with Gasteiger partial charge in [-0.3, -0.25) is 4.68 Å². The molecule has 1 unspecified atom stereocenters. The minimum atomic E-state index is -0.318. The molecule has 2 heterocycles. The topological polar surface area (TPSA) is 44.1 Å². The highest BCUT2D eigenvalue weighted by atomic mass is 16.5. The minimum absolute atomic E-state index is 0.318. The first kappa shape index (κ1) is 9.24. The SMILES string of the molecule is CCOC(=O)c1cc2n(n1)CCC2C. The van der Waals surface area contributed by atoms with E-state index < -0.39 is 0 Å². The summed E-state index contributed by atoms with van der Waals surface area (Å²) in [5.74, 6) is 0.187. The molecule has 1 aliphatic heterocycles. The summed E-state index contributed by atoms with van der Waals surface area (Å²) in [6.45, 7) is 5.26. The summed E-state index contributed by atoms with van der Waals surface area (Å²) in [6, 6.07) is 1.84. The Morgan fingerprint density at radius 1 is 1.79 bits per heavy atom. The Bertz CT molecular complexity index is 357. The van der Waals surface area contributed by atoms with Crippen molar-refractivity contribution in [3.8, 4) is 0 Å². The van der Waals surface area contributed by atoms with Gasteiger partial charge in [0.2, 0.25) is 0 Å². The lowest BCUT2D eigenvalue weighted by molar-refractivity contribution is 0.0518. The van der Waals surface area contributed by atoms with Gasteiger partial charge in [0, 0.05) is 12.2 Å². The maximum absolute atomic E-state index is 11.4. The number of carbonyl (C=O) groups excluding carboxylic acids is 1. The van der Waals surface area contributed by atoms with Crippen molar-refractivity contribution in [1.29, 1.82) is 0 Å². The molecule has 0 bridgehead atoms. The van der Waals surface area contributed by atoms with Crippen LogP contribution in [0.25, 0.3) is 0 Å². The summed E-state index contributed by atoms with van der Waals surface area (Å²) in [5, 5.41) is 4.20. The molecule has 0 spiro atoms. The summed E-state index contributed by atoms with van der Waals surface area (Å²) in [5.41, 5.74) is 1.58. The number of esters is 1. The number of aromatic nitrogens is 2. The Balaban J connectivity index is 2.22. The monoisotopic (exact) mass is 194 g/mol. The van der Waals surface area contributed by atoms with Crippen LogP contribution in [0.15, 0.2) is 6.07 Å². The summed E-state index contributed by atoms with van der Waals surface area (Å²) in [4.78, 5) is 11.4. The lowest BCUT2D eigenvalue weighted by Gasteiger charge is -1.97. The fourth-order valence-electron chi connectivity index (χ4n) is 1.78. The fraction of sp³-hybridized carbons (Fsp3) is 0.600.